The molecular weight excluding hydrogens is 163 g/mol. The van der Waals surface area contributed by atoms with Crippen molar-refractivity contribution in [1.82, 2.24) is 0 Å². The fourth-order valence-corrected chi connectivity index (χ4v) is 0.791. The molecular formula is C9H12NaO2+. The molecule has 0 aliphatic carbocycles. The van der Waals surface area contributed by atoms with E-state index in [0.29, 0.717) is 6.61 Å². The summed E-state index contributed by atoms with van der Waals surface area (Å²) in [5.74, 6) is 0. The molecule has 1 aromatic rings. The van der Waals surface area contributed by atoms with Crippen LogP contribution in [0, 0.1) is 0 Å². The fourth-order valence-electron chi connectivity index (χ4n) is 0.791. The maximum atomic E-state index is 8.79. The summed E-state index contributed by atoms with van der Waals surface area (Å²) >= 11 is 0. The Morgan fingerprint density at radius 1 is 1.33 bits per heavy atom. The Labute approximate surface area is 94.8 Å². The summed E-state index contributed by atoms with van der Waals surface area (Å²) in [5.41, 5.74) is 1.08. The predicted molar refractivity (Wildman–Crippen MR) is 42.9 cm³/mol. The van der Waals surface area contributed by atoms with E-state index in [2.05, 4.69) is 0 Å². The van der Waals surface area contributed by atoms with Crippen LogP contribution in [-0.4, -0.2) is 11.4 Å². The summed E-state index contributed by atoms with van der Waals surface area (Å²) in [5, 5.41) is 8.79. The van der Waals surface area contributed by atoms with Gasteiger partial charge in [-0.2, -0.15) is 0 Å². The Hall–Kier alpha value is 0.140. The molecule has 1 aromatic carbocycles. The molecule has 0 bridgehead atoms. The molecule has 0 saturated carbocycles. The molecule has 2 nitrogen and oxygen atoms in total. The molecule has 60 valence electrons. The molecule has 12 heavy (non-hydrogen) atoms. The van der Waals surface area contributed by atoms with Crippen LogP contribution in [0.3, 0.4) is 0 Å². The number of aliphatic hydroxyl groups is 1. The topological polar surface area (TPSA) is 29.5 Å². The average molecular weight is 175 g/mol. The molecule has 0 heterocycles. The van der Waals surface area contributed by atoms with Gasteiger partial charge in [-0.25, -0.2) is 0 Å². The van der Waals surface area contributed by atoms with E-state index in [9.17, 15) is 0 Å². The second-order valence-electron chi connectivity index (χ2n) is 2.40. The van der Waals surface area contributed by atoms with Crippen LogP contribution >= 0.6 is 0 Å². The van der Waals surface area contributed by atoms with Crippen molar-refractivity contribution in [2.24, 2.45) is 0 Å². The summed E-state index contributed by atoms with van der Waals surface area (Å²) in [4.78, 5) is 0. The van der Waals surface area contributed by atoms with Crippen LogP contribution in [0.15, 0.2) is 30.3 Å². The van der Waals surface area contributed by atoms with Crippen LogP contribution in [0.5, 0.6) is 0 Å². The quantitative estimate of drug-likeness (QED) is 0.449. The number of benzene rings is 1. The van der Waals surface area contributed by atoms with Gasteiger partial charge in [0.1, 0.15) is 0 Å². The van der Waals surface area contributed by atoms with Crippen molar-refractivity contribution >= 4 is 0 Å². The number of hydrogen-bond donors (Lipinski definition) is 1. The molecule has 0 aromatic heterocycles. The molecule has 0 amide bonds. The Morgan fingerprint density at radius 3 is 2.42 bits per heavy atom. The maximum absolute atomic E-state index is 8.79. The van der Waals surface area contributed by atoms with Crippen molar-refractivity contribution in [3.63, 3.8) is 0 Å². The van der Waals surface area contributed by atoms with Crippen molar-refractivity contribution in [2.45, 2.75) is 19.8 Å². The summed E-state index contributed by atoms with van der Waals surface area (Å²) in [6, 6.07) is 9.76. The van der Waals surface area contributed by atoms with Gasteiger partial charge in [0, 0.05) is 0 Å². The third-order valence-corrected chi connectivity index (χ3v) is 1.33. The third-order valence-electron chi connectivity index (χ3n) is 1.33. The molecule has 1 rings (SSSR count). The van der Waals surface area contributed by atoms with Gasteiger partial charge < -0.3 is 9.84 Å². The minimum absolute atomic E-state index is 0. The van der Waals surface area contributed by atoms with E-state index in [1.807, 2.05) is 30.3 Å². The maximum Gasteiger partial charge on any atom is 1.00 e. The first-order valence-electron chi connectivity index (χ1n) is 3.62. The van der Waals surface area contributed by atoms with E-state index in [-0.39, 0.29) is 29.6 Å². The SMILES string of the molecule is CC(O)OCc1ccccc1.[Na+]. The number of aliphatic hydroxyl groups excluding tert-OH is 1. The first-order chi connectivity index (χ1) is 5.29. The van der Waals surface area contributed by atoms with Gasteiger partial charge in [-0.3, -0.25) is 0 Å². The number of hydrogen-bond acceptors (Lipinski definition) is 2. The molecule has 0 fully saturated rings. The summed E-state index contributed by atoms with van der Waals surface area (Å²) in [6.07, 6.45) is -0.685. The summed E-state index contributed by atoms with van der Waals surface area (Å²) < 4.78 is 4.98. The zero-order chi connectivity index (χ0) is 8.10. The van der Waals surface area contributed by atoms with Crippen molar-refractivity contribution < 1.29 is 39.4 Å². The van der Waals surface area contributed by atoms with Gasteiger partial charge >= 0.3 is 29.6 Å². The standard InChI is InChI=1S/C9H12O2.Na/c1-8(10)11-7-9-5-3-2-4-6-9;/h2-6,8,10H,7H2,1H3;/q;+1. The minimum Gasteiger partial charge on any atom is -0.368 e. The Kier molecular flexibility index (Phi) is 6.71. The van der Waals surface area contributed by atoms with Crippen LogP contribution in [0.25, 0.3) is 0 Å². The van der Waals surface area contributed by atoms with Gasteiger partial charge in [0.25, 0.3) is 0 Å². The minimum atomic E-state index is -0.685. The summed E-state index contributed by atoms with van der Waals surface area (Å²) in [6.45, 7) is 2.07. The van der Waals surface area contributed by atoms with E-state index in [0.717, 1.165) is 5.56 Å². The van der Waals surface area contributed by atoms with Crippen molar-refractivity contribution in [3.8, 4) is 0 Å². The van der Waals surface area contributed by atoms with Gasteiger partial charge in [0.2, 0.25) is 0 Å². The molecule has 0 aliphatic heterocycles. The van der Waals surface area contributed by atoms with E-state index in [4.69, 9.17) is 9.84 Å². The first-order valence-corrected chi connectivity index (χ1v) is 3.62. The molecule has 1 N–H and O–H groups in total. The van der Waals surface area contributed by atoms with E-state index in [1.54, 1.807) is 6.92 Å². The Bertz CT molecular complexity index is 199. The normalized spacial score (nSPS) is 11.8. The van der Waals surface area contributed by atoms with Crippen LogP contribution < -0.4 is 29.6 Å². The van der Waals surface area contributed by atoms with Crippen molar-refractivity contribution in [3.05, 3.63) is 35.9 Å². The van der Waals surface area contributed by atoms with Crippen molar-refractivity contribution in [1.29, 1.82) is 0 Å². The molecule has 0 radical (unpaired) electrons. The van der Waals surface area contributed by atoms with Crippen LogP contribution in [0.1, 0.15) is 12.5 Å². The van der Waals surface area contributed by atoms with Gasteiger partial charge in [0.05, 0.1) is 6.61 Å². The van der Waals surface area contributed by atoms with Crippen LogP contribution in [0.4, 0.5) is 0 Å². The van der Waals surface area contributed by atoms with Gasteiger partial charge in [-0.15, -0.1) is 0 Å². The molecule has 0 aliphatic rings. The van der Waals surface area contributed by atoms with Crippen molar-refractivity contribution in [2.75, 3.05) is 0 Å². The molecule has 3 heteroatoms. The smallest absolute Gasteiger partial charge is 0.368 e. The second kappa shape index (κ2) is 6.63. The number of ether oxygens (including phenoxy) is 1. The number of rotatable bonds is 3. The predicted octanol–water partition coefficient (Wildman–Crippen LogP) is -1.45. The largest absolute Gasteiger partial charge is 1.00 e. The van der Waals surface area contributed by atoms with Gasteiger partial charge in [-0.05, 0) is 12.5 Å². The van der Waals surface area contributed by atoms with E-state index < -0.39 is 6.29 Å². The molecule has 0 saturated heterocycles. The van der Waals surface area contributed by atoms with Crippen LogP contribution in [0.2, 0.25) is 0 Å². The van der Waals surface area contributed by atoms with E-state index in [1.165, 1.54) is 0 Å². The fraction of sp³-hybridized carbons (Fsp3) is 0.333. The summed E-state index contributed by atoms with van der Waals surface area (Å²) in [7, 11) is 0. The molecule has 0 spiro atoms. The Balaban J connectivity index is 0.00000121. The second-order valence-corrected chi connectivity index (χ2v) is 2.40. The first kappa shape index (κ1) is 12.1. The third kappa shape index (κ3) is 4.91. The van der Waals surface area contributed by atoms with E-state index >= 15 is 0 Å². The zero-order valence-corrected chi connectivity index (χ0v) is 9.53. The molecule has 1 unspecified atom stereocenters. The monoisotopic (exact) mass is 175 g/mol. The average Bonchev–Trinajstić information content (AvgIpc) is 2.03. The zero-order valence-electron chi connectivity index (χ0n) is 7.53. The van der Waals surface area contributed by atoms with Gasteiger partial charge in [0.15, 0.2) is 6.29 Å². The Morgan fingerprint density at radius 2 is 1.92 bits per heavy atom. The molecule has 1 atom stereocenters. The van der Waals surface area contributed by atoms with Crippen LogP contribution in [-0.2, 0) is 11.3 Å². The van der Waals surface area contributed by atoms with Gasteiger partial charge in [-0.1, -0.05) is 30.3 Å².